The number of hydrogen-bond acceptors (Lipinski definition) is 4. The van der Waals surface area contributed by atoms with Gasteiger partial charge in [0.15, 0.2) is 6.04 Å². The van der Waals surface area contributed by atoms with Crippen molar-refractivity contribution in [2.24, 2.45) is 4.99 Å². The van der Waals surface area contributed by atoms with Crippen molar-refractivity contribution >= 4 is 11.9 Å². The molecule has 0 fully saturated rings. The highest BCUT2D eigenvalue weighted by atomic mass is 16.5. The van der Waals surface area contributed by atoms with Gasteiger partial charge in [0.25, 0.3) is 0 Å². The van der Waals surface area contributed by atoms with Crippen molar-refractivity contribution in [2.75, 3.05) is 6.61 Å². The molecule has 2 aromatic carbocycles. The van der Waals surface area contributed by atoms with Gasteiger partial charge < -0.3 is 9.47 Å². The smallest absolute Gasteiger partial charge is 0.334 e. The number of hydrogen-bond donors (Lipinski definition) is 0. The van der Waals surface area contributed by atoms with Crippen molar-refractivity contribution in [1.29, 1.82) is 0 Å². The van der Waals surface area contributed by atoms with Gasteiger partial charge in [-0.15, -0.1) is 0 Å². The van der Waals surface area contributed by atoms with Crippen LogP contribution in [0.2, 0.25) is 0 Å². The van der Waals surface area contributed by atoms with Crippen LogP contribution in [0, 0.1) is 0 Å². The lowest BCUT2D eigenvalue weighted by atomic mass is 10.2. The summed E-state index contributed by atoms with van der Waals surface area (Å²) in [4.78, 5) is 16.3. The average molecular weight is 281 g/mol. The van der Waals surface area contributed by atoms with Crippen molar-refractivity contribution in [3.8, 4) is 0 Å². The Hall–Kier alpha value is -2.62. The first-order chi connectivity index (χ1) is 10.3. The molecular weight excluding hydrogens is 266 g/mol. The Labute approximate surface area is 123 Å². The zero-order valence-electron chi connectivity index (χ0n) is 11.4. The summed E-state index contributed by atoms with van der Waals surface area (Å²) in [6.07, 6.45) is 0. The number of esters is 1. The fourth-order valence-electron chi connectivity index (χ4n) is 2.06. The lowest BCUT2D eigenvalue weighted by Crippen LogP contribution is -2.22. The van der Waals surface area contributed by atoms with E-state index >= 15 is 0 Å². The monoisotopic (exact) mass is 281 g/mol. The molecule has 0 bridgehead atoms. The van der Waals surface area contributed by atoms with E-state index in [2.05, 4.69) is 4.99 Å². The zero-order valence-corrected chi connectivity index (χ0v) is 11.4. The number of benzene rings is 2. The second-order valence-electron chi connectivity index (χ2n) is 4.72. The summed E-state index contributed by atoms with van der Waals surface area (Å²) >= 11 is 0. The normalized spacial score (nSPS) is 17.0. The van der Waals surface area contributed by atoms with Gasteiger partial charge in [-0.05, 0) is 17.7 Å². The molecule has 4 nitrogen and oxygen atoms in total. The van der Waals surface area contributed by atoms with Gasteiger partial charge >= 0.3 is 5.97 Å². The molecule has 0 radical (unpaired) electrons. The van der Waals surface area contributed by atoms with Crippen LogP contribution in [-0.4, -0.2) is 24.5 Å². The molecule has 0 aromatic heterocycles. The number of carbonyl (C=O) groups excluding carboxylic acids is 1. The van der Waals surface area contributed by atoms with E-state index in [1.54, 1.807) is 0 Å². The Bertz CT molecular complexity index is 638. The minimum absolute atomic E-state index is 0.234. The van der Waals surface area contributed by atoms with Crippen LogP contribution in [0.15, 0.2) is 65.7 Å². The highest BCUT2D eigenvalue weighted by molar-refractivity contribution is 5.97. The third kappa shape index (κ3) is 3.28. The minimum Gasteiger partial charge on any atom is -0.475 e. The SMILES string of the molecule is O=C(OCc1ccccc1)[C@H]1COC(c2ccccc2)=N1. The summed E-state index contributed by atoms with van der Waals surface area (Å²) in [5.41, 5.74) is 1.83. The third-order valence-corrected chi connectivity index (χ3v) is 3.17. The Morgan fingerprint density at radius 3 is 2.48 bits per heavy atom. The summed E-state index contributed by atoms with van der Waals surface area (Å²) < 4.78 is 10.7. The van der Waals surface area contributed by atoms with Crippen molar-refractivity contribution in [1.82, 2.24) is 0 Å². The molecule has 1 atom stereocenters. The lowest BCUT2D eigenvalue weighted by molar-refractivity contribution is -0.146. The Balaban J connectivity index is 1.60. The molecule has 0 saturated heterocycles. The molecule has 2 aromatic rings. The highest BCUT2D eigenvalue weighted by Gasteiger charge is 2.27. The van der Waals surface area contributed by atoms with Crippen LogP contribution < -0.4 is 0 Å². The molecule has 0 amide bonds. The van der Waals surface area contributed by atoms with Crippen LogP contribution in [0.4, 0.5) is 0 Å². The van der Waals surface area contributed by atoms with Crippen LogP contribution in [0.25, 0.3) is 0 Å². The van der Waals surface area contributed by atoms with Crippen molar-refractivity contribution in [2.45, 2.75) is 12.6 Å². The first-order valence-electron chi connectivity index (χ1n) is 6.79. The average Bonchev–Trinajstić information content (AvgIpc) is 3.04. The second kappa shape index (κ2) is 6.22. The molecule has 1 aliphatic heterocycles. The third-order valence-electron chi connectivity index (χ3n) is 3.17. The van der Waals surface area contributed by atoms with Crippen LogP contribution in [0.5, 0.6) is 0 Å². The molecule has 106 valence electrons. The van der Waals surface area contributed by atoms with Gasteiger partial charge in [0, 0.05) is 5.56 Å². The van der Waals surface area contributed by atoms with Crippen LogP contribution in [-0.2, 0) is 20.9 Å². The van der Waals surface area contributed by atoms with Crippen LogP contribution >= 0.6 is 0 Å². The molecule has 0 spiro atoms. The predicted molar refractivity (Wildman–Crippen MR) is 79.0 cm³/mol. The molecule has 0 aliphatic carbocycles. The van der Waals surface area contributed by atoms with E-state index in [1.807, 2.05) is 60.7 Å². The maximum absolute atomic E-state index is 12.0. The maximum Gasteiger partial charge on any atom is 0.334 e. The van der Waals surface area contributed by atoms with Gasteiger partial charge in [0.2, 0.25) is 5.90 Å². The largest absolute Gasteiger partial charge is 0.475 e. The molecule has 1 aliphatic rings. The van der Waals surface area contributed by atoms with Crippen molar-refractivity contribution in [3.05, 3.63) is 71.8 Å². The quantitative estimate of drug-likeness (QED) is 0.809. The van der Waals surface area contributed by atoms with E-state index in [0.717, 1.165) is 11.1 Å². The molecule has 3 rings (SSSR count). The summed E-state index contributed by atoms with van der Waals surface area (Å²) in [5.74, 6) is 0.141. The molecule has 4 heteroatoms. The van der Waals surface area contributed by atoms with E-state index in [-0.39, 0.29) is 19.2 Å². The second-order valence-corrected chi connectivity index (χ2v) is 4.72. The lowest BCUT2D eigenvalue weighted by Gasteiger charge is -2.06. The first kappa shape index (κ1) is 13.4. The minimum atomic E-state index is -0.580. The Morgan fingerprint density at radius 1 is 1.10 bits per heavy atom. The number of rotatable bonds is 4. The molecule has 21 heavy (non-hydrogen) atoms. The number of nitrogens with zero attached hydrogens (tertiary/aromatic N) is 1. The predicted octanol–water partition coefficient (Wildman–Crippen LogP) is 2.58. The van der Waals surface area contributed by atoms with Crippen LogP contribution in [0.1, 0.15) is 11.1 Å². The fraction of sp³-hybridized carbons (Fsp3) is 0.176. The van der Waals surface area contributed by atoms with Gasteiger partial charge in [-0.1, -0.05) is 48.5 Å². The summed E-state index contributed by atoms with van der Waals surface area (Å²) in [6.45, 7) is 0.490. The van der Waals surface area contributed by atoms with Crippen LogP contribution in [0.3, 0.4) is 0 Å². The number of carbonyl (C=O) groups is 1. The van der Waals surface area contributed by atoms with Gasteiger partial charge in [0.1, 0.15) is 13.2 Å². The van der Waals surface area contributed by atoms with Gasteiger partial charge in [-0.2, -0.15) is 0 Å². The van der Waals surface area contributed by atoms with Gasteiger partial charge in [-0.3, -0.25) is 0 Å². The Morgan fingerprint density at radius 2 is 1.76 bits per heavy atom. The fourth-order valence-corrected chi connectivity index (χ4v) is 2.06. The molecule has 0 N–H and O–H groups in total. The Kier molecular flexibility index (Phi) is 3.96. The van der Waals surface area contributed by atoms with Crippen molar-refractivity contribution in [3.63, 3.8) is 0 Å². The molecule has 1 heterocycles. The first-order valence-corrected chi connectivity index (χ1v) is 6.79. The molecule has 0 saturated carbocycles. The molecular formula is C17H15NO3. The van der Waals surface area contributed by atoms with E-state index < -0.39 is 6.04 Å². The van der Waals surface area contributed by atoms with E-state index in [1.165, 1.54) is 0 Å². The van der Waals surface area contributed by atoms with E-state index in [0.29, 0.717) is 5.90 Å². The molecule has 0 unspecified atom stereocenters. The van der Waals surface area contributed by atoms with Gasteiger partial charge in [-0.25, -0.2) is 9.79 Å². The number of aliphatic imine (C=N–C) groups is 1. The summed E-state index contributed by atoms with van der Waals surface area (Å²) in [7, 11) is 0. The van der Waals surface area contributed by atoms with Gasteiger partial charge in [0.05, 0.1) is 0 Å². The van der Waals surface area contributed by atoms with E-state index in [4.69, 9.17) is 9.47 Å². The van der Waals surface area contributed by atoms with Crippen molar-refractivity contribution < 1.29 is 14.3 Å². The summed E-state index contributed by atoms with van der Waals surface area (Å²) in [5, 5.41) is 0. The summed E-state index contributed by atoms with van der Waals surface area (Å²) in [6, 6.07) is 18.5. The topological polar surface area (TPSA) is 47.9 Å². The standard InChI is InChI=1S/C17H15NO3/c19-17(21-11-13-7-3-1-4-8-13)15-12-20-16(18-15)14-9-5-2-6-10-14/h1-10,15H,11-12H2/t15-/m1/s1. The highest BCUT2D eigenvalue weighted by Crippen LogP contribution is 2.13. The zero-order chi connectivity index (χ0) is 14.5. The maximum atomic E-state index is 12.0. The van der Waals surface area contributed by atoms with E-state index in [9.17, 15) is 4.79 Å². The number of ether oxygens (including phenoxy) is 2.